The van der Waals surface area contributed by atoms with Crippen molar-refractivity contribution < 1.29 is 14.3 Å². The van der Waals surface area contributed by atoms with Gasteiger partial charge in [0.05, 0.1) is 16.9 Å². The number of ether oxygens (including phenoxy) is 2. The number of hydrogen-bond acceptors (Lipinski definition) is 5. The molecule has 0 fully saturated rings. The molecule has 0 aliphatic carbocycles. The summed E-state index contributed by atoms with van der Waals surface area (Å²) < 4.78 is 12.3. The van der Waals surface area contributed by atoms with E-state index < -0.39 is 11.2 Å². The minimum atomic E-state index is -0.620. The monoisotopic (exact) mass is 381 g/mol. The van der Waals surface area contributed by atoms with Crippen LogP contribution in [0.1, 0.15) is 18.5 Å². The van der Waals surface area contributed by atoms with Crippen LogP contribution in [0.2, 0.25) is 0 Å². The molecule has 0 radical (unpaired) electrons. The Hall–Kier alpha value is -3.55. The molecule has 28 heavy (non-hydrogen) atoms. The van der Waals surface area contributed by atoms with Crippen LogP contribution in [0.4, 0.5) is 0 Å². The zero-order valence-electron chi connectivity index (χ0n) is 15.2. The predicted octanol–water partition coefficient (Wildman–Crippen LogP) is 1.34. The molecule has 0 unspecified atom stereocenters. The number of carbonyl (C=O) groups is 1. The Morgan fingerprint density at radius 1 is 1.14 bits per heavy atom. The average molecular weight is 381 g/mol. The fourth-order valence-corrected chi connectivity index (χ4v) is 3.24. The van der Waals surface area contributed by atoms with Crippen LogP contribution in [-0.4, -0.2) is 28.7 Å². The lowest BCUT2D eigenvalue weighted by atomic mass is 10.1. The normalized spacial score (nSPS) is 13.9. The molecule has 0 saturated heterocycles. The molecule has 1 aliphatic rings. The highest BCUT2D eigenvalue weighted by Gasteiger charge is 2.17. The second kappa shape index (κ2) is 7.22. The van der Waals surface area contributed by atoms with E-state index in [-0.39, 0.29) is 18.5 Å². The number of amides is 1. The van der Waals surface area contributed by atoms with E-state index in [0.29, 0.717) is 35.6 Å². The minimum absolute atomic E-state index is 0.203. The number of nitrogens with zero attached hydrogens (tertiary/aromatic N) is 1. The number of H-pyrrole nitrogens is 1. The molecule has 2 heterocycles. The molecule has 0 bridgehead atoms. The number of para-hydroxylation sites is 1. The van der Waals surface area contributed by atoms with Gasteiger partial charge >= 0.3 is 5.69 Å². The first-order valence-corrected chi connectivity index (χ1v) is 8.94. The highest BCUT2D eigenvalue weighted by Crippen LogP contribution is 2.32. The average Bonchev–Trinajstić information content (AvgIpc) is 2.70. The van der Waals surface area contributed by atoms with Crippen LogP contribution in [0.5, 0.6) is 11.5 Å². The van der Waals surface area contributed by atoms with E-state index in [1.54, 1.807) is 24.3 Å². The van der Waals surface area contributed by atoms with Crippen LogP contribution < -0.4 is 26.0 Å². The molecular formula is C20H19N3O5. The van der Waals surface area contributed by atoms with Crippen LogP contribution in [0.25, 0.3) is 10.9 Å². The third kappa shape index (κ3) is 3.36. The van der Waals surface area contributed by atoms with Crippen molar-refractivity contribution in [2.24, 2.45) is 0 Å². The first-order valence-electron chi connectivity index (χ1n) is 8.94. The fourth-order valence-electron chi connectivity index (χ4n) is 3.24. The van der Waals surface area contributed by atoms with Gasteiger partial charge in [-0.05, 0) is 36.8 Å². The van der Waals surface area contributed by atoms with E-state index >= 15 is 0 Å². The first kappa shape index (κ1) is 17.8. The Balaban J connectivity index is 1.54. The molecule has 1 aromatic heterocycles. The summed E-state index contributed by atoms with van der Waals surface area (Å²) in [6.07, 6.45) is 0. The third-order valence-corrected chi connectivity index (χ3v) is 4.65. The summed E-state index contributed by atoms with van der Waals surface area (Å²) >= 11 is 0. The topological polar surface area (TPSA) is 102 Å². The molecule has 1 amide bonds. The second-order valence-electron chi connectivity index (χ2n) is 6.55. The zero-order valence-corrected chi connectivity index (χ0v) is 15.2. The maximum absolute atomic E-state index is 12.5. The van der Waals surface area contributed by atoms with Crippen molar-refractivity contribution in [3.8, 4) is 11.5 Å². The van der Waals surface area contributed by atoms with Crippen molar-refractivity contribution >= 4 is 16.8 Å². The zero-order chi connectivity index (χ0) is 19.7. The van der Waals surface area contributed by atoms with Crippen LogP contribution in [0.3, 0.4) is 0 Å². The molecule has 4 rings (SSSR count). The number of aromatic nitrogens is 2. The van der Waals surface area contributed by atoms with Crippen molar-refractivity contribution in [3.63, 3.8) is 0 Å². The van der Waals surface area contributed by atoms with Gasteiger partial charge in [0, 0.05) is 0 Å². The lowest BCUT2D eigenvalue weighted by molar-refractivity contribution is -0.122. The smallest absolute Gasteiger partial charge is 0.329 e. The van der Waals surface area contributed by atoms with E-state index in [1.807, 2.05) is 25.1 Å². The summed E-state index contributed by atoms with van der Waals surface area (Å²) in [7, 11) is 0. The van der Waals surface area contributed by atoms with Crippen molar-refractivity contribution in [2.75, 3.05) is 13.2 Å². The summed E-state index contributed by atoms with van der Waals surface area (Å²) in [5.41, 5.74) is 0.183. The van der Waals surface area contributed by atoms with Crippen molar-refractivity contribution in [1.29, 1.82) is 0 Å². The van der Waals surface area contributed by atoms with Gasteiger partial charge in [0.15, 0.2) is 11.5 Å². The van der Waals surface area contributed by atoms with Gasteiger partial charge in [-0.15, -0.1) is 0 Å². The largest absolute Gasteiger partial charge is 0.486 e. The van der Waals surface area contributed by atoms with Gasteiger partial charge in [0.2, 0.25) is 5.91 Å². The van der Waals surface area contributed by atoms with Gasteiger partial charge in [-0.1, -0.05) is 18.2 Å². The summed E-state index contributed by atoms with van der Waals surface area (Å²) in [6, 6.07) is 11.9. The van der Waals surface area contributed by atoms with E-state index in [1.165, 1.54) is 4.57 Å². The van der Waals surface area contributed by atoms with Gasteiger partial charge in [-0.25, -0.2) is 4.79 Å². The molecule has 0 saturated carbocycles. The maximum atomic E-state index is 12.5. The van der Waals surface area contributed by atoms with Crippen LogP contribution in [0, 0.1) is 0 Å². The van der Waals surface area contributed by atoms with Gasteiger partial charge < -0.3 is 14.8 Å². The molecular weight excluding hydrogens is 362 g/mol. The molecule has 8 nitrogen and oxygen atoms in total. The summed E-state index contributed by atoms with van der Waals surface area (Å²) in [5, 5.41) is 3.23. The van der Waals surface area contributed by atoms with Gasteiger partial charge in [-0.3, -0.25) is 19.1 Å². The van der Waals surface area contributed by atoms with Crippen LogP contribution >= 0.6 is 0 Å². The summed E-state index contributed by atoms with van der Waals surface area (Å²) in [6.45, 7) is 2.64. The van der Waals surface area contributed by atoms with Crippen LogP contribution in [0.15, 0.2) is 52.1 Å². The number of carbonyl (C=O) groups excluding carboxylic acids is 1. The number of fused-ring (bicyclic) bond motifs is 2. The highest BCUT2D eigenvalue weighted by atomic mass is 16.6. The number of aromatic amines is 1. The Morgan fingerprint density at radius 2 is 1.89 bits per heavy atom. The van der Waals surface area contributed by atoms with Crippen molar-refractivity contribution in [3.05, 3.63) is 68.9 Å². The number of rotatable bonds is 4. The lowest BCUT2D eigenvalue weighted by Crippen LogP contribution is -2.37. The van der Waals surface area contributed by atoms with Crippen molar-refractivity contribution in [2.45, 2.75) is 19.5 Å². The number of benzene rings is 2. The maximum Gasteiger partial charge on any atom is 0.329 e. The Labute approximate surface area is 159 Å². The van der Waals surface area contributed by atoms with Gasteiger partial charge in [0.25, 0.3) is 5.56 Å². The molecule has 144 valence electrons. The number of nitrogens with one attached hydrogen (secondary N) is 2. The van der Waals surface area contributed by atoms with E-state index in [4.69, 9.17) is 9.47 Å². The fraction of sp³-hybridized carbons (Fsp3) is 0.250. The standard InChI is InChI=1S/C20H19N3O5/c1-12(13-6-7-16-17(10-13)28-9-8-27-16)21-18(24)11-23-15-5-3-2-4-14(15)19(25)22-20(23)26/h2-7,10,12H,8-9,11H2,1H3,(H,21,24)(H,22,25,26)/t12-/m0/s1. The van der Waals surface area contributed by atoms with Gasteiger partial charge in [0.1, 0.15) is 19.8 Å². The first-order chi connectivity index (χ1) is 13.5. The van der Waals surface area contributed by atoms with E-state index in [0.717, 1.165) is 5.56 Å². The quantitative estimate of drug-likeness (QED) is 0.710. The van der Waals surface area contributed by atoms with E-state index in [2.05, 4.69) is 10.3 Å². The second-order valence-corrected chi connectivity index (χ2v) is 6.55. The SMILES string of the molecule is C[C@H](NC(=O)Cn1c(=O)[nH]c(=O)c2ccccc21)c1ccc2c(c1)OCCO2. The number of hydrogen-bond donors (Lipinski definition) is 2. The highest BCUT2D eigenvalue weighted by molar-refractivity contribution is 5.81. The molecule has 2 aromatic carbocycles. The lowest BCUT2D eigenvalue weighted by Gasteiger charge is -2.21. The third-order valence-electron chi connectivity index (χ3n) is 4.65. The summed E-state index contributed by atoms with van der Waals surface area (Å²) in [4.78, 5) is 38.9. The predicted molar refractivity (Wildman–Crippen MR) is 103 cm³/mol. The molecule has 0 spiro atoms. The van der Waals surface area contributed by atoms with Crippen LogP contribution in [-0.2, 0) is 11.3 Å². The van der Waals surface area contributed by atoms with Gasteiger partial charge in [-0.2, -0.15) is 0 Å². The Morgan fingerprint density at radius 3 is 2.71 bits per heavy atom. The minimum Gasteiger partial charge on any atom is -0.486 e. The Kier molecular flexibility index (Phi) is 4.60. The molecule has 8 heteroatoms. The van der Waals surface area contributed by atoms with Crippen molar-refractivity contribution in [1.82, 2.24) is 14.9 Å². The summed E-state index contributed by atoms with van der Waals surface area (Å²) in [5.74, 6) is 0.981. The molecule has 1 aliphatic heterocycles. The Bertz CT molecular complexity index is 1160. The van der Waals surface area contributed by atoms with E-state index in [9.17, 15) is 14.4 Å². The molecule has 3 aromatic rings. The molecule has 2 N–H and O–H groups in total. The molecule has 1 atom stereocenters.